The van der Waals surface area contributed by atoms with E-state index in [1.165, 1.54) is 20.7 Å². The van der Waals surface area contributed by atoms with Gasteiger partial charge in [-0.3, -0.25) is 15.1 Å². The van der Waals surface area contributed by atoms with Crippen molar-refractivity contribution in [2.45, 2.75) is 20.4 Å². The summed E-state index contributed by atoms with van der Waals surface area (Å²) in [5.74, 6) is 0. The first-order chi connectivity index (χ1) is 16.7. The van der Waals surface area contributed by atoms with E-state index in [0.29, 0.717) is 0 Å². The number of fused-ring (bicyclic) bond motifs is 2. The van der Waals surface area contributed by atoms with Gasteiger partial charge in [-0.2, -0.15) is 5.10 Å². The van der Waals surface area contributed by atoms with E-state index in [1.807, 2.05) is 29.9 Å². The second-order valence-electron chi connectivity index (χ2n) is 8.41. The van der Waals surface area contributed by atoms with Crippen LogP contribution >= 0.6 is 11.3 Å². The molecule has 5 heterocycles. The van der Waals surface area contributed by atoms with Crippen LogP contribution in [0.1, 0.15) is 17.4 Å². The van der Waals surface area contributed by atoms with Crippen molar-refractivity contribution in [2.24, 2.45) is 0 Å². The molecule has 7 heteroatoms. The number of aromatic nitrogens is 5. The Balaban J connectivity index is 1.44. The summed E-state index contributed by atoms with van der Waals surface area (Å²) < 4.78 is 0. The minimum absolute atomic E-state index is 0.789. The molecule has 0 aliphatic carbocycles. The first-order valence-electron chi connectivity index (χ1n) is 11.4. The summed E-state index contributed by atoms with van der Waals surface area (Å²) >= 11 is 1.82. The standard InChI is InChI=1S/C27H24N6S/c1-3-28-12-17-9-18(14-29-13-17)23-11-21-25(15-30-23)32-33-27(21)24-10-20-19(5-4-6-22(20)31-24)26-8-7-16(2)34-26/h4-11,13-15,28,31H,3,12H2,1-2H3,(H,32,33). The Bertz CT molecular complexity index is 1620. The van der Waals surface area contributed by atoms with E-state index >= 15 is 0 Å². The average molecular weight is 465 g/mol. The van der Waals surface area contributed by atoms with Crippen molar-refractivity contribution in [1.82, 2.24) is 30.5 Å². The molecule has 168 valence electrons. The molecular formula is C27H24N6S. The Hall–Kier alpha value is -3.81. The normalized spacial score (nSPS) is 11.6. The number of pyridine rings is 2. The second kappa shape index (κ2) is 8.52. The van der Waals surface area contributed by atoms with Gasteiger partial charge in [-0.15, -0.1) is 11.3 Å². The smallest absolute Gasteiger partial charge is 0.116 e. The molecule has 0 saturated carbocycles. The molecule has 3 N–H and O–H groups in total. The topological polar surface area (TPSA) is 82.3 Å². The predicted octanol–water partition coefficient (Wildman–Crippen LogP) is 6.31. The van der Waals surface area contributed by atoms with Crippen LogP contribution in [0.4, 0.5) is 0 Å². The van der Waals surface area contributed by atoms with Crippen molar-refractivity contribution in [3.63, 3.8) is 0 Å². The third kappa shape index (κ3) is 3.69. The lowest BCUT2D eigenvalue weighted by atomic mass is 10.1. The van der Waals surface area contributed by atoms with Crippen LogP contribution in [0.2, 0.25) is 0 Å². The molecule has 1 aromatic carbocycles. The van der Waals surface area contributed by atoms with Gasteiger partial charge in [0, 0.05) is 56.1 Å². The van der Waals surface area contributed by atoms with Crippen molar-refractivity contribution < 1.29 is 0 Å². The minimum Gasteiger partial charge on any atom is -0.353 e. The van der Waals surface area contributed by atoms with E-state index in [9.17, 15) is 0 Å². The molecule has 0 fully saturated rings. The van der Waals surface area contributed by atoms with Crippen LogP contribution in [0.3, 0.4) is 0 Å². The van der Waals surface area contributed by atoms with E-state index in [1.54, 1.807) is 0 Å². The monoisotopic (exact) mass is 464 g/mol. The summed E-state index contributed by atoms with van der Waals surface area (Å²) in [5.41, 5.74) is 8.14. The molecule has 6 aromatic rings. The zero-order chi connectivity index (χ0) is 23.1. The Kier molecular flexibility index (Phi) is 5.20. The maximum atomic E-state index is 4.66. The predicted molar refractivity (Wildman–Crippen MR) is 140 cm³/mol. The lowest BCUT2D eigenvalue weighted by Crippen LogP contribution is -2.11. The van der Waals surface area contributed by atoms with Crippen LogP contribution in [0.15, 0.2) is 67.1 Å². The molecule has 5 aromatic heterocycles. The van der Waals surface area contributed by atoms with Crippen molar-refractivity contribution in [2.75, 3.05) is 6.54 Å². The fourth-order valence-electron chi connectivity index (χ4n) is 4.35. The molecule has 0 spiro atoms. The van der Waals surface area contributed by atoms with E-state index in [0.717, 1.165) is 57.7 Å². The molecule has 0 bridgehead atoms. The largest absolute Gasteiger partial charge is 0.353 e. The summed E-state index contributed by atoms with van der Waals surface area (Å²) in [5, 5.41) is 13.4. The van der Waals surface area contributed by atoms with Gasteiger partial charge in [0.25, 0.3) is 0 Å². The van der Waals surface area contributed by atoms with E-state index in [4.69, 9.17) is 0 Å². The van der Waals surface area contributed by atoms with Crippen LogP contribution in [0, 0.1) is 6.92 Å². The number of nitrogens with one attached hydrogen (secondary N) is 3. The zero-order valence-electron chi connectivity index (χ0n) is 19.0. The van der Waals surface area contributed by atoms with E-state index in [-0.39, 0.29) is 0 Å². The number of hydrogen-bond acceptors (Lipinski definition) is 5. The third-order valence-corrected chi connectivity index (χ3v) is 7.08. The van der Waals surface area contributed by atoms with E-state index in [2.05, 4.69) is 92.8 Å². The van der Waals surface area contributed by atoms with Gasteiger partial charge in [0.1, 0.15) is 5.69 Å². The molecular weight excluding hydrogens is 440 g/mol. The Morgan fingerprint density at radius 1 is 0.971 bits per heavy atom. The number of nitrogens with zero attached hydrogens (tertiary/aromatic N) is 3. The van der Waals surface area contributed by atoms with Crippen molar-refractivity contribution in [1.29, 1.82) is 0 Å². The summed E-state index contributed by atoms with van der Waals surface area (Å²) in [6, 6.07) is 17.2. The summed E-state index contributed by atoms with van der Waals surface area (Å²) in [4.78, 5) is 15.3. The van der Waals surface area contributed by atoms with Crippen LogP contribution < -0.4 is 5.32 Å². The van der Waals surface area contributed by atoms with Gasteiger partial charge >= 0.3 is 0 Å². The average Bonchev–Trinajstić information content (AvgIpc) is 3.59. The zero-order valence-corrected chi connectivity index (χ0v) is 19.8. The Labute approximate surface area is 201 Å². The SMILES string of the molecule is CCNCc1cncc(-c2cc3c(-c4cc5c(-c6ccc(C)s6)cccc5[nH]4)n[nH]c3cn2)c1. The number of aromatic amines is 2. The maximum Gasteiger partial charge on any atom is 0.116 e. The molecule has 6 nitrogen and oxygen atoms in total. The number of hydrogen-bond donors (Lipinski definition) is 3. The van der Waals surface area contributed by atoms with Gasteiger partial charge < -0.3 is 10.3 Å². The molecule has 0 aliphatic rings. The third-order valence-electron chi connectivity index (χ3n) is 6.04. The van der Waals surface area contributed by atoms with E-state index < -0.39 is 0 Å². The molecule has 0 aliphatic heterocycles. The number of rotatable bonds is 6. The highest BCUT2D eigenvalue weighted by molar-refractivity contribution is 7.15. The molecule has 6 rings (SSSR count). The quantitative estimate of drug-likeness (QED) is 0.270. The van der Waals surface area contributed by atoms with Crippen LogP contribution in [0.5, 0.6) is 0 Å². The van der Waals surface area contributed by atoms with Crippen molar-refractivity contribution >= 4 is 33.1 Å². The van der Waals surface area contributed by atoms with Crippen LogP contribution in [-0.4, -0.2) is 31.7 Å². The summed E-state index contributed by atoms with van der Waals surface area (Å²) in [6.07, 6.45) is 5.60. The van der Waals surface area contributed by atoms with Gasteiger partial charge in [0.2, 0.25) is 0 Å². The number of aryl methyl sites for hydroxylation is 1. The first kappa shape index (κ1) is 20.8. The lowest BCUT2D eigenvalue weighted by molar-refractivity contribution is 0.724. The molecule has 0 radical (unpaired) electrons. The fraction of sp³-hybridized carbons (Fsp3) is 0.148. The van der Waals surface area contributed by atoms with Crippen molar-refractivity contribution in [3.05, 3.63) is 77.6 Å². The van der Waals surface area contributed by atoms with Crippen LogP contribution in [-0.2, 0) is 6.54 Å². The number of H-pyrrole nitrogens is 2. The summed E-state index contributed by atoms with van der Waals surface area (Å²) in [6.45, 7) is 5.95. The molecule has 34 heavy (non-hydrogen) atoms. The highest BCUT2D eigenvalue weighted by Gasteiger charge is 2.15. The molecule has 0 atom stereocenters. The van der Waals surface area contributed by atoms with Crippen molar-refractivity contribution in [3.8, 4) is 33.1 Å². The fourth-order valence-corrected chi connectivity index (χ4v) is 5.26. The molecule has 0 amide bonds. The molecule has 0 saturated heterocycles. The number of thiophene rings is 1. The summed E-state index contributed by atoms with van der Waals surface area (Å²) in [7, 11) is 0. The Morgan fingerprint density at radius 3 is 2.76 bits per heavy atom. The molecule has 0 unspecified atom stereocenters. The van der Waals surface area contributed by atoms with Gasteiger partial charge in [0.05, 0.1) is 23.1 Å². The van der Waals surface area contributed by atoms with Gasteiger partial charge in [-0.25, -0.2) is 0 Å². The first-order valence-corrected chi connectivity index (χ1v) is 12.2. The number of benzene rings is 1. The minimum atomic E-state index is 0.789. The Morgan fingerprint density at radius 2 is 1.91 bits per heavy atom. The van der Waals surface area contributed by atoms with Gasteiger partial charge in [-0.1, -0.05) is 19.1 Å². The highest BCUT2D eigenvalue weighted by Crippen LogP contribution is 2.37. The highest BCUT2D eigenvalue weighted by atomic mass is 32.1. The maximum absolute atomic E-state index is 4.66. The van der Waals surface area contributed by atoms with Crippen LogP contribution in [0.25, 0.3) is 54.9 Å². The van der Waals surface area contributed by atoms with Gasteiger partial charge in [-0.05, 0) is 55.4 Å². The lowest BCUT2D eigenvalue weighted by Gasteiger charge is -2.05. The second-order valence-corrected chi connectivity index (χ2v) is 9.70. The van der Waals surface area contributed by atoms with Gasteiger partial charge in [0.15, 0.2) is 0 Å².